The van der Waals surface area contributed by atoms with Crippen LogP contribution in [0.4, 0.5) is 5.69 Å². The van der Waals surface area contributed by atoms with Gasteiger partial charge in [-0.3, -0.25) is 4.90 Å². The molecule has 2 atom stereocenters. The van der Waals surface area contributed by atoms with Crippen LogP contribution in [0, 0.1) is 5.92 Å². The normalized spacial score (nSPS) is 17.3. The van der Waals surface area contributed by atoms with Gasteiger partial charge in [0, 0.05) is 17.8 Å². The zero-order valence-corrected chi connectivity index (χ0v) is 17.2. The Hall–Kier alpha value is -1.75. The molecule has 0 radical (unpaired) electrons. The molecular weight excluding hydrogens is 340 g/mol. The van der Waals surface area contributed by atoms with E-state index in [0.717, 1.165) is 32.4 Å². The highest BCUT2D eigenvalue weighted by atomic mass is 16.5. The summed E-state index contributed by atoms with van der Waals surface area (Å²) >= 11 is 0. The molecule has 1 saturated heterocycles. The standard InChI is InChI=1S/C22H36N2O3/c1-4-6-14-26-21-15-18(23)10-11-19(21)22(25)27-16-20(17(3)5-2)24-12-8-7-9-13-24/h10-11,15,17,20H,4-9,12-14,16,23H2,1-3H3/t17?,20-/m1/s1. The highest BCUT2D eigenvalue weighted by Crippen LogP contribution is 2.25. The highest BCUT2D eigenvalue weighted by Gasteiger charge is 2.27. The van der Waals surface area contributed by atoms with E-state index < -0.39 is 0 Å². The van der Waals surface area contributed by atoms with Crippen molar-refractivity contribution in [2.24, 2.45) is 5.92 Å². The summed E-state index contributed by atoms with van der Waals surface area (Å²) in [5, 5.41) is 0. The van der Waals surface area contributed by atoms with Crippen molar-refractivity contribution >= 4 is 11.7 Å². The van der Waals surface area contributed by atoms with E-state index in [4.69, 9.17) is 15.2 Å². The van der Waals surface area contributed by atoms with E-state index in [2.05, 4.69) is 25.7 Å². The molecular formula is C22H36N2O3. The topological polar surface area (TPSA) is 64.8 Å². The maximum absolute atomic E-state index is 12.7. The third-order valence-corrected chi connectivity index (χ3v) is 5.53. The Morgan fingerprint density at radius 2 is 1.96 bits per heavy atom. The van der Waals surface area contributed by atoms with Crippen LogP contribution in [0.25, 0.3) is 0 Å². The minimum Gasteiger partial charge on any atom is -0.493 e. The third kappa shape index (κ3) is 6.42. The lowest BCUT2D eigenvalue weighted by atomic mass is 9.96. The molecule has 5 nitrogen and oxygen atoms in total. The molecule has 0 bridgehead atoms. The zero-order chi connectivity index (χ0) is 19.6. The van der Waals surface area contributed by atoms with Gasteiger partial charge < -0.3 is 15.2 Å². The number of nitrogen functional groups attached to an aromatic ring is 1. The summed E-state index contributed by atoms with van der Waals surface area (Å²) in [5.74, 6) is 0.681. The van der Waals surface area contributed by atoms with Crippen LogP contribution in [-0.4, -0.2) is 43.2 Å². The molecule has 152 valence electrons. The van der Waals surface area contributed by atoms with Gasteiger partial charge in [-0.15, -0.1) is 0 Å². The van der Waals surface area contributed by atoms with Gasteiger partial charge in [-0.2, -0.15) is 0 Å². The first-order valence-electron chi connectivity index (χ1n) is 10.5. The molecule has 0 spiro atoms. The minimum absolute atomic E-state index is 0.275. The molecule has 2 N–H and O–H groups in total. The van der Waals surface area contributed by atoms with Crippen molar-refractivity contribution < 1.29 is 14.3 Å². The van der Waals surface area contributed by atoms with E-state index in [1.165, 1.54) is 19.3 Å². The Morgan fingerprint density at radius 3 is 2.63 bits per heavy atom. The first-order chi connectivity index (χ1) is 13.1. The lowest BCUT2D eigenvalue weighted by molar-refractivity contribution is 0.0207. The molecule has 1 aliphatic rings. The van der Waals surface area contributed by atoms with E-state index in [9.17, 15) is 4.79 Å². The molecule has 0 aliphatic carbocycles. The van der Waals surface area contributed by atoms with Gasteiger partial charge in [0.1, 0.15) is 17.9 Å². The van der Waals surface area contributed by atoms with Crippen molar-refractivity contribution in [3.05, 3.63) is 23.8 Å². The number of esters is 1. The van der Waals surface area contributed by atoms with E-state index in [0.29, 0.717) is 36.1 Å². The van der Waals surface area contributed by atoms with E-state index in [1.807, 2.05) is 0 Å². The molecule has 5 heteroatoms. The van der Waals surface area contributed by atoms with Crippen LogP contribution in [0.5, 0.6) is 5.75 Å². The molecule has 0 aromatic heterocycles. The van der Waals surface area contributed by atoms with Crippen molar-refractivity contribution in [1.29, 1.82) is 0 Å². The molecule has 1 aliphatic heterocycles. The molecule has 1 fully saturated rings. The van der Waals surface area contributed by atoms with Gasteiger partial charge in [-0.1, -0.05) is 40.0 Å². The molecule has 27 heavy (non-hydrogen) atoms. The average molecular weight is 377 g/mol. The Kier molecular flexibility index (Phi) is 8.92. The van der Waals surface area contributed by atoms with Crippen LogP contribution >= 0.6 is 0 Å². The maximum atomic E-state index is 12.7. The van der Waals surface area contributed by atoms with Crippen LogP contribution < -0.4 is 10.5 Å². The fourth-order valence-corrected chi connectivity index (χ4v) is 3.54. The van der Waals surface area contributed by atoms with Gasteiger partial charge in [0.25, 0.3) is 0 Å². The van der Waals surface area contributed by atoms with E-state index in [-0.39, 0.29) is 12.0 Å². The third-order valence-electron chi connectivity index (χ3n) is 5.53. The summed E-state index contributed by atoms with van der Waals surface area (Å²) in [6, 6.07) is 5.42. The lowest BCUT2D eigenvalue weighted by Gasteiger charge is -2.37. The maximum Gasteiger partial charge on any atom is 0.341 e. The molecule has 2 rings (SSSR count). The molecule has 1 aromatic rings. The summed E-state index contributed by atoms with van der Waals surface area (Å²) in [6.07, 6.45) is 6.81. The quantitative estimate of drug-likeness (QED) is 0.370. The second kappa shape index (κ2) is 11.2. The summed E-state index contributed by atoms with van der Waals surface area (Å²) < 4.78 is 11.5. The molecule has 1 aromatic carbocycles. The number of hydrogen-bond acceptors (Lipinski definition) is 5. The Morgan fingerprint density at radius 1 is 1.22 bits per heavy atom. The van der Waals surface area contributed by atoms with Gasteiger partial charge in [-0.05, 0) is 50.4 Å². The van der Waals surface area contributed by atoms with Crippen molar-refractivity contribution in [2.45, 2.75) is 65.3 Å². The SMILES string of the molecule is CCCCOc1cc(N)ccc1C(=O)OC[C@H](C(C)CC)N1CCCCC1. The number of anilines is 1. The molecule has 1 heterocycles. The average Bonchev–Trinajstić information content (AvgIpc) is 2.69. The van der Waals surface area contributed by atoms with Gasteiger partial charge >= 0.3 is 5.97 Å². The zero-order valence-electron chi connectivity index (χ0n) is 17.2. The molecule has 1 unspecified atom stereocenters. The summed E-state index contributed by atoms with van der Waals surface area (Å²) in [7, 11) is 0. The molecule has 0 saturated carbocycles. The minimum atomic E-state index is -0.327. The number of nitrogens with two attached hydrogens (primary N) is 1. The second-order valence-electron chi connectivity index (χ2n) is 7.61. The largest absolute Gasteiger partial charge is 0.493 e. The lowest BCUT2D eigenvalue weighted by Crippen LogP contribution is -2.46. The predicted octanol–water partition coefficient (Wildman–Crippen LogP) is 4.51. The smallest absolute Gasteiger partial charge is 0.341 e. The van der Waals surface area contributed by atoms with Gasteiger partial charge in [0.05, 0.1) is 6.61 Å². The monoisotopic (exact) mass is 376 g/mol. The Balaban J connectivity index is 2.03. The number of benzene rings is 1. The van der Waals surface area contributed by atoms with E-state index in [1.54, 1.807) is 18.2 Å². The van der Waals surface area contributed by atoms with Crippen LogP contribution in [-0.2, 0) is 4.74 Å². The summed E-state index contributed by atoms with van der Waals surface area (Å²) in [4.78, 5) is 15.2. The van der Waals surface area contributed by atoms with Crippen LogP contribution in [0.3, 0.4) is 0 Å². The van der Waals surface area contributed by atoms with E-state index >= 15 is 0 Å². The van der Waals surface area contributed by atoms with Crippen molar-refractivity contribution in [2.75, 3.05) is 32.0 Å². The first-order valence-corrected chi connectivity index (χ1v) is 10.5. The number of hydrogen-bond donors (Lipinski definition) is 1. The Bertz CT molecular complexity index is 585. The number of unbranched alkanes of at least 4 members (excludes halogenated alkanes) is 1. The number of piperidine rings is 1. The van der Waals surface area contributed by atoms with Gasteiger partial charge in [-0.25, -0.2) is 4.79 Å². The fraction of sp³-hybridized carbons (Fsp3) is 0.682. The summed E-state index contributed by atoms with van der Waals surface area (Å²) in [5.41, 5.74) is 6.92. The number of nitrogens with zero attached hydrogens (tertiary/aromatic N) is 1. The van der Waals surface area contributed by atoms with Crippen LogP contribution in [0.2, 0.25) is 0 Å². The van der Waals surface area contributed by atoms with Crippen molar-refractivity contribution in [3.63, 3.8) is 0 Å². The number of rotatable bonds is 10. The number of carbonyl (C=O) groups is 1. The highest BCUT2D eigenvalue weighted by molar-refractivity contribution is 5.93. The predicted molar refractivity (Wildman–Crippen MR) is 110 cm³/mol. The molecule has 0 amide bonds. The number of carbonyl (C=O) groups excluding carboxylic acids is 1. The fourth-order valence-electron chi connectivity index (χ4n) is 3.54. The van der Waals surface area contributed by atoms with Gasteiger partial charge in [0.2, 0.25) is 0 Å². The van der Waals surface area contributed by atoms with Crippen molar-refractivity contribution in [3.8, 4) is 5.75 Å². The van der Waals surface area contributed by atoms with Crippen LogP contribution in [0.15, 0.2) is 18.2 Å². The summed E-state index contributed by atoms with van der Waals surface area (Å²) in [6.45, 7) is 9.74. The Labute approximate surface area is 164 Å². The first kappa shape index (κ1) is 21.5. The van der Waals surface area contributed by atoms with Gasteiger partial charge in [0.15, 0.2) is 0 Å². The van der Waals surface area contributed by atoms with Crippen LogP contribution in [0.1, 0.15) is 69.7 Å². The number of ether oxygens (including phenoxy) is 2. The van der Waals surface area contributed by atoms with Crippen molar-refractivity contribution in [1.82, 2.24) is 4.90 Å². The second-order valence-corrected chi connectivity index (χ2v) is 7.61. The number of likely N-dealkylation sites (tertiary alicyclic amines) is 1.